The van der Waals surface area contributed by atoms with Gasteiger partial charge in [-0.15, -0.1) is 11.3 Å². The molecule has 0 atom stereocenters. The van der Waals surface area contributed by atoms with E-state index >= 15 is 0 Å². The van der Waals surface area contributed by atoms with Crippen LogP contribution < -0.4 is 0 Å². The molecule has 1 N–H and O–H groups in total. The van der Waals surface area contributed by atoms with Crippen molar-refractivity contribution in [2.75, 3.05) is 0 Å². The number of aromatic carboxylic acids is 1. The minimum Gasteiger partial charge on any atom is -0.478 e. The number of hydrogen-bond donors (Lipinski definition) is 1. The van der Waals surface area contributed by atoms with E-state index in [1.54, 1.807) is 35.7 Å². The topological polar surface area (TPSA) is 50.2 Å². The first kappa shape index (κ1) is 11.6. The van der Waals surface area contributed by atoms with E-state index in [1.165, 1.54) is 11.8 Å². The lowest BCUT2D eigenvalue weighted by molar-refractivity contribution is 0.0696. The van der Waals surface area contributed by atoms with Crippen molar-refractivity contribution >= 4 is 45.0 Å². The smallest absolute Gasteiger partial charge is 0.335 e. The molecule has 0 saturated heterocycles. The van der Waals surface area contributed by atoms with Crippen LogP contribution in [0.25, 0.3) is 0 Å². The summed E-state index contributed by atoms with van der Waals surface area (Å²) in [6.07, 6.45) is 1.74. The minimum absolute atomic E-state index is 0.273. The van der Waals surface area contributed by atoms with Crippen LogP contribution in [0.4, 0.5) is 0 Å². The molecule has 0 aliphatic heterocycles. The molecule has 1 aromatic carbocycles. The van der Waals surface area contributed by atoms with Crippen molar-refractivity contribution in [3.8, 4) is 0 Å². The van der Waals surface area contributed by atoms with E-state index in [0.717, 1.165) is 13.7 Å². The van der Waals surface area contributed by atoms with Gasteiger partial charge in [-0.1, -0.05) is 11.8 Å². The van der Waals surface area contributed by atoms with E-state index in [4.69, 9.17) is 5.11 Å². The summed E-state index contributed by atoms with van der Waals surface area (Å²) in [7, 11) is 0. The molecule has 2 rings (SSSR count). The zero-order chi connectivity index (χ0) is 11.5. The third kappa shape index (κ3) is 2.63. The summed E-state index contributed by atoms with van der Waals surface area (Å²) in [5.41, 5.74) is 0.273. The van der Waals surface area contributed by atoms with Crippen LogP contribution in [0.3, 0.4) is 0 Å². The standard InChI is InChI=1S/C10H6BrNO2S2/c11-7-5-6(9(13)14)1-2-8(7)16-10-12-3-4-15-10/h1-5H,(H,13,14). The van der Waals surface area contributed by atoms with E-state index in [9.17, 15) is 4.79 Å². The van der Waals surface area contributed by atoms with Gasteiger partial charge in [0.25, 0.3) is 0 Å². The summed E-state index contributed by atoms with van der Waals surface area (Å²) in [5, 5.41) is 10.7. The Morgan fingerprint density at radius 2 is 2.31 bits per heavy atom. The molecule has 3 nitrogen and oxygen atoms in total. The van der Waals surface area contributed by atoms with Crippen LogP contribution in [0.2, 0.25) is 0 Å². The predicted octanol–water partition coefficient (Wildman–Crippen LogP) is 3.76. The van der Waals surface area contributed by atoms with Crippen molar-refractivity contribution in [2.24, 2.45) is 0 Å². The number of carboxylic acids is 1. The number of rotatable bonds is 3. The molecule has 0 saturated carbocycles. The fourth-order valence-electron chi connectivity index (χ4n) is 1.07. The van der Waals surface area contributed by atoms with Crippen molar-refractivity contribution in [3.63, 3.8) is 0 Å². The fraction of sp³-hybridized carbons (Fsp3) is 0. The molecule has 0 spiro atoms. The Morgan fingerprint density at radius 1 is 1.50 bits per heavy atom. The number of hydrogen-bond acceptors (Lipinski definition) is 4. The quantitative estimate of drug-likeness (QED) is 0.937. The summed E-state index contributed by atoms with van der Waals surface area (Å²) in [4.78, 5) is 15.9. The highest BCUT2D eigenvalue weighted by molar-refractivity contribution is 9.10. The number of aromatic nitrogens is 1. The molecule has 0 aliphatic rings. The summed E-state index contributed by atoms with van der Waals surface area (Å²) < 4.78 is 1.70. The first-order valence-corrected chi connectivity index (χ1v) is 6.76. The van der Waals surface area contributed by atoms with Crippen LogP contribution in [0.1, 0.15) is 10.4 Å². The Labute approximate surface area is 109 Å². The third-order valence-corrected chi connectivity index (χ3v) is 4.66. The normalized spacial score (nSPS) is 10.3. The monoisotopic (exact) mass is 315 g/mol. The average molecular weight is 316 g/mol. The predicted molar refractivity (Wildman–Crippen MR) is 67.3 cm³/mol. The second-order valence-corrected chi connectivity index (χ2v) is 5.89. The van der Waals surface area contributed by atoms with Gasteiger partial charge in [-0.3, -0.25) is 0 Å². The maximum absolute atomic E-state index is 10.7. The largest absolute Gasteiger partial charge is 0.478 e. The van der Waals surface area contributed by atoms with Gasteiger partial charge in [0.2, 0.25) is 0 Å². The van der Waals surface area contributed by atoms with E-state index < -0.39 is 5.97 Å². The van der Waals surface area contributed by atoms with Crippen LogP contribution in [0, 0.1) is 0 Å². The van der Waals surface area contributed by atoms with Crippen molar-refractivity contribution in [2.45, 2.75) is 9.24 Å². The lowest BCUT2D eigenvalue weighted by Crippen LogP contribution is -1.95. The van der Waals surface area contributed by atoms with E-state index in [-0.39, 0.29) is 5.56 Å². The Balaban J connectivity index is 2.26. The molecule has 0 aliphatic carbocycles. The number of carbonyl (C=O) groups is 1. The lowest BCUT2D eigenvalue weighted by atomic mass is 10.2. The fourth-order valence-corrected chi connectivity index (χ4v) is 3.28. The van der Waals surface area contributed by atoms with Gasteiger partial charge in [0.05, 0.1) is 5.56 Å². The number of thiazole rings is 1. The van der Waals surface area contributed by atoms with Crippen molar-refractivity contribution in [3.05, 3.63) is 39.8 Å². The summed E-state index contributed by atoms with van der Waals surface area (Å²) in [6.45, 7) is 0. The highest BCUT2D eigenvalue weighted by Crippen LogP contribution is 2.34. The molecular formula is C10H6BrNO2S2. The maximum atomic E-state index is 10.7. The van der Waals surface area contributed by atoms with Crippen molar-refractivity contribution in [1.29, 1.82) is 0 Å². The van der Waals surface area contributed by atoms with Gasteiger partial charge in [0.15, 0.2) is 4.34 Å². The Bertz CT molecular complexity index is 514. The molecule has 1 aromatic heterocycles. The molecule has 0 radical (unpaired) electrons. The molecule has 0 amide bonds. The Kier molecular flexibility index (Phi) is 3.63. The van der Waals surface area contributed by atoms with Gasteiger partial charge < -0.3 is 5.11 Å². The van der Waals surface area contributed by atoms with Gasteiger partial charge in [-0.05, 0) is 34.1 Å². The highest BCUT2D eigenvalue weighted by atomic mass is 79.9. The van der Waals surface area contributed by atoms with E-state index in [1.807, 2.05) is 5.38 Å². The Hall–Kier alpha value is -0.850. The van der Waals surface area contributed by atoms with Gasteiger partial charge in [-0.25, -0.2) is 9.78 Å². The molecular weight excluding hydrogens is 310 g/mol. The SMILES string of the molecule is O=C(O)c1ccc(Sc2nccs2)c(Br)c1. The van der Waals surface area contributed by atoms with Crippen LogP contribution in [-0.2, 0) is 0 Å². The van der Waals surface area contributed by atoms with Gasteiger partial charge in [0.1, 0.15) is 0 Å². The summed E-state index contributed by atoms with van der Waals surface area (Å²) in [6, 6.07) is 4.96. The van der Waals surface area contributed by atoms with Gasteiger partial charge in [0, 0.05) is 20.9 Å². The second kappa shape index (κ2) is 4.99. The first-order chi connectivity index (χ1) is 7.66. The molecule has 1 heterocycles. The zero-order valence-corrected chi connectivity index (χ0v) is 11.1. The number of benzene rings is 1. The summed E-state index contributed by atoms with van der Waals surface area (Å²) in [5.74, 6) is -0.925. The summed E-state index contributed by atoms with van der Waals surface area (Å²) >= 11 is 6.41. The molecule has 6 heteroatoms. The van der Waals surface area contributed by atoms with Crippen LogP contribution in [0.5, 0.6) is 0 Å². The highest BCUT2D eigenvalue weighted by Gasteiger charge is 2.08. The second-order valence-electron chi connectivity index (χ2n) is 2.85. The average Bonchev–Trinajstić information content (AvgIpc) is 2.73. The van der Waals surface area contributed by atoms with Crippen molar-refractivity contribution < 1.29 is 9.90 Å². The molecule has 0 fully saturated rings. The third-order valence-electron chi connectivity index (χ3n) is 1.79. The minimum atomic E-state index is -0.925. The van der Waals surface area contributed by atoms with Crippen LogP contribution in [0.15, 0.2) is 43.5 Å². The van der Waals surface area contributed by atoms with Gasteiger partial charge >= 0.3 is 5.97 Å². The number of carboxylic acid groups (broad SMARTS) is 1. The molecule has 0 unspecified atom stereocenters. The first-order valence-electron chi connectivity index (χ1n) is 4.27. The zero-order valence-electron chi connectivity index (χ0n) is 7.88. The lowest BCUT2D eigenvalue weighted by Gasteiger charge is -2.02. The Morgan fingerprint density at radius 3 is 2.88 bits per heavy atom. The number of halogens is 1. The number of nitrogens with zero attached hydrogens (tertiary/aromatic N) is 1. The van der Waals surface area contributed by atoms with Crippen molar-refractivity contribution in [1.82, 2.24) is 4.98 Å². The van der Waals surface area contributed by atoms with Crippen LogP contribution in [-0.4, -0.2) is 16.1 Å². The van der Waals surface area contributed by atoms with E-state index in [2.05, 4.69) is 20.9 Å². The van der Waals surface area contributed by atoms with E-state index in [0.29, 0.717) is 0 Å². The maximum Gasteiger partial charge on any atom is 0.335 e. The van der Waals surface area contributed by atoms with Gasteiger partial charge in [-0.2, -0.15) is 0 Å². The molecule has 16 heavy (non-hydrogen) atoms. The molecule has 2 aromatic rings. The van der Waals surface area contributed by atoms with Crippen LogP contribution >= 0.6 is 39.0 Å². The molecule has 82 valence electrons. The molecule has 0 bridgehead atoms.